The fourth-order valence-electron chi connectivity index (χ4n) is 0.820. The third-order valence-corrected chi connectivity index (χ3v) is 2.40. The van der Waals surface area contributed by atoms with Gasteiger partial charge in [-0.05, 0) is 26.3 Å². The molecule has 0 aliphatic rings. The first kappa shape index (κ1) is 11.5. The zero-order valence-electron chi connectivity index (χ0n) is 7.93. The Morgan fingerprint density at radius 2 is 2.17 bits per heavy atom. The number of amides is 1. The van der Waals surface area contributed by atoms with Gasteiger partial charge in [0.1, 0.15) is 0 Å². The van der Waals surface area contributed by atoms with Gasteiger partial charge in [-0.25, -0.2) is 0 Å². The summed E-state index contributed by atoms with van der Waals surface area (Å²) < 4.78 is 0. The summed E-state index contributed by atoms with van der Waals surface area (Å²) in [4.78, 5) is 12.9. The van der Waals surface area contributed by atoms with Gasteiger partial charge >= 0.3 is 0 Å². The van der Waals surface area contributed by atoms with Gasteiger partial charge in [-0.1, -0.05) is 13.5 Å². The highest BCUT2D eigenvalue weighted by Crippen LogP contribution is 2.19. The van der Waals surface area contributed by atoms with E-state index >= 15 is 0 Å². The van der Waals surface area contributed by atoms with E-state index in [1.807, 2.05) is 20.8 Å². The Labute approximate surface area is 79.2 Å². The Balaban J connectivity index is 4.54. The van der Waals surface area contributed by atoms with Crippen molar-refractivity contribution in [3.63, 3.8) is 0 Å². The lowest BCUT2D eigenvalue weighted by Gasteiger charge is -2.35. The van der Waals surface area contributed by atoms with E-state index in [-0.39, 0.29) is 17.5 Å². The van der Waals surface area contributed by atoms with Crippen LogP contribution in [0.25, 0.3) is 0 Å². The lowest BCUT2D eigenvalue weighted by molar-refractivity contribution is -0.130. The van der Waals surface area contributed by atoms with E-state index < -0.39 is 0 Å². The first-order chi connectivity index (χ1) is 5.49. The molecule has 0 saturated carbocycles. The van der Waals surface area contributed by atoms with Gasteiger partial charge in [0.15, 0.2) is 0 Å². The van der Waals surface area contributed by atoms with Crippen molar-refractivity contribution in [1.29, 1.82) is 0 Å². The summed E-state index contributed by atoms with van der Waals surface area (Å²) in [7, 11) is 0. The monoisotopic (exact) mass is 189 g/mol. The molecule has 0 aromatic rings. The highest BCUT2D eigenvalue weighted by molar-refractivity contribution is 6.18. The first-order valence-corrected chi connectivity index (χ1v) is 4.53. The molecule has 0 spiro atoms. The number of hydrogen-bond acceptors (Lipinski definition) is 1. The molecule has 0 unspecified atom stereocenters. The van der Waals surface area contributed by atoms with Gasteiger partial charge in [0.25, 0.3) is 0 Å². The van der Waals surface area contributed by atoms with Crippen LogP contribution >= 0.6 is 11.6 Å². The van der Waals surface area contributed by atoms with Gasteiger partial charge < -0.3 is 4.90 Å². The third kappa shape index (κ3) is 2.52. The summed E-state index contributed by atoms with van der Waals surface area (Å²) >= 11 is 5.66. The maximum atomic E-state index is 11.3. The molecule has 0 radical (unpaired) electrons. The maximum absolute atomic E-state index is 11.3. The second kappa shape index (κ2) is 4.51. The molecule has 0 bridgehead atoms. The van der Waals surface area contributed by atoms with E-state index in [1.165, 1.54) is 6.08 Å². The quantitative estimate of drug-likeness (QED) is 0.378. The smallest absolute Gasteiger partial charge is 0.247 e. The van der Waals surface area contributed by atoms with Crippen molar-refractivity contribution in [2.75, 3.05) is 6.00 Å². The normalized spacial score (nSPS) is 11.0. The highest BCUT2D eigenvalue weighted by Gasteiger charge is 2.26. The highest BCUT2D eigenvalue weighted by atomic mass is 35.5. The molecule has 0 rings (SSSR count). The van der Waals surface area contributed by atoms with Crippen molar-refractivity contribution < 1.29 is 4.79 Å². The number of alkyl halides is 1. The predicted molar refractivity (Wildman–Crippen MR) is 52.1 cm³/mol. The summed E-state index contributed by atoms with van der Waals surface area (Å²) in [6.45, 7) is 9.42. The van der Waals surface area contributed by atoms with Crippen molar-refractivity contribution in [1.82, 2.24) is 4.90 Å². The Kier molecular flexibility index (Phi) is 4.32. The summed E-state index contributed by atoms with van der Waals surface area (Å²) in [6, 6.07) is 0.214. The fourth-order valence-corrected chi connectivity index (χ4v) is 1.26. The molecule has 0 aromatic carbocycles. The zero-order chi connectivity index (χ0) is 9.78. The molecule has 2 nitrogen and oxygen atoms in total. The van der Waals surface area contributed by atoms with Crippen LogP contribution in [0.4, 0.5) is 0 Å². The summed E-state index contributed by atoms with van der Waals surface area (Å²) in [5, 5.41) is 0. The molecule has 0 saturated heterocycles. The number of rotatable bonds is 4. The fraction of sp³-hybridized carbons (Fsp3) is 0.667. The second-order valence-electron chi connectivity index (χ2n) is 3.26. The zero-order valence-corrected chi connectivity index (χ0v) is 8.69. The van der Waals surface area contributed by atoms with Crippen LogP contribution in [-0.2, 0) is 4.79 Å². The minimum Gasteiger partial charge on any atom is -0.320 e. The van der Waals surface area contributed by atoms with Gasteiger partial charge in [0.2, 0.25) is 5.91 Å². The number of carbonyl (C=O) groups excluding carboxylic acids is 1. The summed E-state index contributed by atoms with van der Waals surface area (Å²) in [5.41, 5.74) is -0.187. The first-order valence-electron chi connectivity index (χ1n) is 3.99. The SMILES string of the molecule is C=CC(=O)N(CCl)C(C)(C)CC. The van der Waals surface area contributed by atoms with Crippen LogP contribution in [0.15, 0.2) is 12.7 Å². The number of carbonyl (C=O) groups is 1. The van der Waals surface area contributed by atoms with Crippen LogP contribution in [0.5, 0.6) is 0 Å². The van der Waals surface area contributed by atoms with E-state index in [2.05, 4.69) is 6.58 Å². The van der Waals surface area contributed by atoms with Crippen molar-refractivity contribution >= 4 is 17.5 Å². The number of halogens is 1. The van der Waals surface area contributed by atoms with E-state index in [1.54, 1.807) is 4.90 Å². The Morgan fingerprint density at radius 1 is 1.67 bits per heavy atom. The molecule has 3 heteroatoms. The molecule has 0 N–H and O–H groups in total. The van der Waals surface area contributed by atoms with Gasteiger partial charge in [0, 0.05) is 5.54 Å². The largest absolute Gasteiger partial charge is 0.320 e. The molecule has 0 fully saturated rings. The third-order valence-electron chi connectivity index (χ3n) is 2.16. The van der Waals surface area contributed by atoms with Crippen LogP contribution in [-0.4, -0.2) is 22.3 Å². The Bertz CT molecular complexity index is 177. The molecular weight excluding hydrogens is 174 g/mol. The van der Waals surface area contributed by atoms with Crippen molar-refractivity contribution in [2.24, 2.45) is 0 Å². The van der Waals surface area contributed by atoms with Crippen LogP contribution < -0.4 is 0 Å². The van der Waals surface area contributed by atoms with Gasteiger partial charge in [-0.15, -0.1) is 11.6 Å². The average Bonchev–Trinajstić information content (AvgIpc) is 2.05. The molecule has 12 heavy (non-hydrogen) atoms. The van der Waals surface area contributed by atoms with E-state index in [0.29, 0.717) is 0 Å². The lowest BCUT2D eigenvalue weighted by Crippen LogP contribution is -2.45. The molecule has 1 amide bonds. The summed E-state index contributed by atoms with van der Waals surface area (Å²) in [6.07, 6.45) is 2.17. The summed E-state index contributed by atoms with van der Waals surface area (Å²) in [5.74, 6) is -0.114. The van der Waals surface area contributed by atoms with Gasteiger partial charge in [-0.2, -0.15) is 0 Å². The molecule has 0 aliphatic heterocycles. The minimum atomic E-state index is -0.187. The average molecular weight is 190 g/mol. The second-order valence-corrected chi connectivity index (χ2v) is 3.49. The van der Waals surface area contributed by atoms with Crippen molar-refractivity contribution in [3.05, 3.63) is 12.7 Å². The number of hydrogen-bond donors (Lipinski definition) is 0. The van der Waals surface area contributed by atoms with Crippen molar-refractivity contribution in [2.45, 2.75) is 32.7 Å². The van der Waals surface area contributed by atoms with E-state index in [0.717, 1.165) is 6.42 Å². The van der Waals surface area contributed by atoms with E-state index in [4.69, 9.17) is 11.6 Å². The molecule has 0 atom stereocenters. The van der Waals surface area contributed by atoms with Crippen LogP contribution in [0.1, 0.15) is 27.2 Å². The van der Waals surface area contributed by atoms with Gasteiger partial charge in [-0.3, -0.25) is 4.79 Å². The predicted octanol–water partition coefficient (Wildman–Crippen LogP) is 2.39. The molecule has 0 aromatic heterocycles. The van der Waals surface area contributed by atoms with Crippen LogP contribution in [0, 0.1) is 0 Å². The molecular formula is C9H16ClNO. The topological polar surface area (TPSA) is 20.3 Å². The molecule has 0 aliphatic carbocycles. The van der Waals surface area contributed by atoms with Crippen LogP contribution in [0.2, 0.25) is 0 Å². The van der Waals surface area contributed by atoms with Gasteiger partial charge in [0.05, 0.1) is 6.00 Å². The van der Waals surface area contributed by atoms with Crippen LogP contribution in [0.3, 0.4) is 0 Å². The minimum absolute atomic E-state index is 0.114. The standard InChI is InChI=1S/C9H16ClNO/c1-5-8(12)11(7-10)9(3,4)6-2/h5H,1,6-7H2,2-4H3. The maximum Gasteiger partial charge on any atom is 0.247 e. The number of nitrogens with zero attached hydrogens (tertiary/aromatic N) is 1. The van der Waals surface area contributed by atoms with Crippen molar-refractivity contribution in [3.8, 4) is 0 Å². The molecule has 70 valence electrons. The Hall–Kier alpha value is -0.500. The van der Waals surface area contributed by atoms with E-state index in [9.17, 15) is 4.79 Å². The molecule has 0 heterocycles. The lowest BCUT2D eigenvalue weighted by atomic mass is 10.00. The Morgan fingerprint density at radius 3 is 2.42 bits per heavy atom.